The minimum Gasteiger partial charge on any atom is -0.319 e. The van der Waals surface area contributed by atoms with Crippen LogP contribution in [0.3, 0.4) is 0 Å². The summed E-state index contributed by atoms with van der Waals surface area (Å²) in [5.41, 5.74) is 0.999. The Bertz CT molecular complexity index is 623. The molecule has 2 rings (SSSR count). The zero-order valence-corrected chi connectivity index (χ0v) is 11.6. The van der Waals surface area contributed by atoms with Gasteiger partial charge in [-0.3, -0.25) is 4.79 Å². The van der Waals surface area contributed by atoms with Gasteiger partial charge in [0, 0.05) is 5.56 Å². The van der Waals surface area contributed by atoms with Gasteiger partial charge in [0.15, 0.2) is 0 Å². The average Bonchev–Trinajstić information content (AvgIpc) is 2.37. The minimum atomic E-state index is -0.505. The van der Waals surface area contributed by atoms with Crippen molar-refractivity contribution >= 4 is 27.5 Å². The number of anilines is 1. The standard InChI is InChI=1S/C14H10BrF2NO/c1-8-3-2-4-12(17)13(8)18-14(19)9-5-6-11(16)10(15)7-9/h2-7H,1H3,(H,18,19). The van der Waals surface area contributed by atoms with Crippen LogP contribution in [0, 0.1) is 18.6 Å². The molecule has 0 fully saturated rings. The average molecular weight is 326 g/mol. The summed E-state index contributed by atoms with van der Waals surface area (Å²) in [4.78, 5) is 12.0. The molecule has 1 amide bonds. The lowest BCUT2D eigenvalue weighted by Gasteiger charge is -2.09. The molecule has 19 heavy (non-hydrogen) atoms. The third-order valence-corrected chi connectivity index (χ3v) is 3.25. The molecule has 2 aromatic rings. The number of para-hydroxylation sites is 1. The molecule has 1 N–H and O–H groups in total. The Morgan fingerprint density at radius 1 is 1.16 bits per heavy atom. The quantitative estimate of drug-likeness (QED) is 0.876. The first kappa shape index (κ1) is 13.7. The van der Waals surface area contributed by atoms with E-state index in [4.69, 9.17) is 0 Å². The van der Waals surface area contributed by atoms with E-state index >= 15 is 0 Å². The molecular formula is C14H10BrF2NO. The SMILES string of the molecule is Cc1cccc(F)c1NC(=O)c1ccc(F)c(Br)c1. The molecule has 0 spiro atoms. The second-order valence-corrected chi connectivity index (χ2v) is 4.87. The summed E-state index contributed by atoms with van der Waals surface area (Å²) in [6.45, 7) is 1.69. The predicted molar refractivity (Wildman–Crippen MR) is 73.2 cm³/mol. The summed E-state index contributed by atoms with van der Waals surface area (Å²) >= 11 is 3.00. The molecule has 0 radical (unpaired) electrons. The first-order chi connectivity index (χ1) is 8.99. The molecule has 0 aliphatic heterocycles. The summed E-state index contributed by atoms with van der Waals surface area (Å²) in [5.74, 6) is -1.46. The lowest BCUT2D eigenvalue weighted by atomic mass is 10.1. The number of carbonyl (C=O) groups is 1. The number of carbonyl (C=O) groups excluding carboxylic acids is 1. The third-order valence-electron chi connectivity index (χ3n) is 2.64. The number of nitrogens with one attached hydrogen (secondary N) is 1. The van der Waals surface area contributed by atoms with Crippen molar-refractivity contribution < 1.29 is 13.6 Å². The maximum atomic E-state index is 13.6. The highest BCUT2D eigenvalue weighted by atomic mass is 79.9. The fourth-order valence-corrected chi connectivity index (χ4v) is 1.99. The maximum Gasteiger partial charge on any atom is 0.255 e. The number of hydrogen-bond donors (Lipinski definition) is 1. The molecule has 98 valence electrons. The van der Waals surface area contributed by atoms with E-state index in [-0.39, 0.29) is 15.7 Å². The highest BCUT2D eigenvalue weighted by Crippen LogP contribution is 2.21. The van der Waals surface area contributed by atoms with Gasteiger partial charge < -0.3 is 5.32 Å². The van der Waals surface area contributed by atoms with Crippen molar-refractivity contribution in [1.29, 1.82) is 0 Å². The Kier molecular flexibility index (Phi) is 3.95. The summed E-state index contributed by atoms with van der Waals surface area (Å²) in [5, 5.41) is 2.48. The lowest BCUT2D eigenvalue weighted by molar-refractivity contribution is 0.102. The van der Waals surface area contributed by atoms with Gasteiger partial charge in [-0.15, -0.1) is 0 Å². The predicted octanol–water partition coefficient (Wildman–Crippen LogP) is 4.29. The smallest absolute Gasteiger partial charge is 0.255 e. The van der Waals surface area contributed by atoms with Gasteiger partial charge in [-0.05, 0) is 52.7 Å². The number of halogens is 3. The Morgan fingerprint density at radius 2 is 1.89 bits per heavy atom. The van der Waals surface area contributed by atoms with Crippen molar-refractivity contribution in [2.24, 2.45) is 0 Å². The van der Waals surface area contributed by atoms with Crippen LogP contribution in [0.5, 0.6) is 0 Å². The van der Waals surface area contributed by atoms with Crippen LogP contribution in [-0.2, 0) is 0 Å². The Balaban J connectivity index is 2.28. The zero-order chi connectivity index (χ0) is 14.0. The Hall–Kier alpha value is -1.75. The normalized spacial score (nSPS) is 10.3. The number of aryl methyl sites for hydroxylation is 1. The maximum absolute atomic E-state index is 13.6. The largest absolute Gasteiger partial charge is 0.319 e. The fraction of sp³-hybridized carbons (Fsp3) is 0.0714. The first-order valence-corrected chi connectivity index (χ1v) is 6.30. The van der Waals surface area contributed by atoms with Crippen LogP contribution in [0.4, 0.5) is 14.5 Å². The van der Waals surface area contributed by atoms with Crippen LogP contribution in [-0.4, -0.2) is 5.91 Å². The number of rotatable bonds is 2. The molecule has 0 heterocycles. The van der Waals surface area contributed by atoms with Gasteiger partial charge in [-0.25, -0.2) is 8.78 Å². The van der Waals surface area contributed by atoms with Crippen molar-refractivity contribution in [3.05, 3.63) is 63.6 Å². The van der Waals surface area contributed by atoms with Gasteiger partial charge in [0.05, 0.1) is 10.2 Å². The summed E-state index contributed by atoms with van der Waals surface area (Å²) in [6, 6.07) is 8.39. The van der Waals surface area contributed by atoms with E-state index in [0.29, 0.717) is 5.56 Å². The molecule has 0 saturated carbocycles. The van der Waals surface area contributed by atoms with Crippen molar-refractivity contribution in [3.63, 3.8) is 0 Å². The van der Waals surface area contributed by atoms with Crippen LogP contribution in [0.2, 0.25) is 0 Å². The second-order valence-electron chi connectivity index (χ2n) is 4.01. The van der Waals surface area contributed by atoms with E-state index in [2.05, 4.69) is 21.2 Å². The van der Waals surface area contributed by atoms with Crippen LogP contribution < -0.4 is 5.32 Å². The van der Waals surface area contributed by atoms with E-state index in [9.17, 15) is 13.6 Å². The third kappa shape index (κ3) is 2.98. The minimum absolute atomic E-state index is 0.132. The molecular weight excluding hydrogens is 316 g/mol. The van der Waals surface area contributed by atoms with E-state index < -0.39 is 17.5 Å². The van der Waals surface area contributed by atoms with Crippen LogP contribution >= 0.6 is 15.9 Å². The Morgan fingerprint density at radius 3 is 2.53 bits per heavy atom. The molecule has 0 aromatic heterocycles. The van der Waals surface area contributed by atoms with Gasteiger partial charge >= 0.3 is 0 Å². The van der Waals surface area contributed by atoms with Crippen LogP contribution in [0.1, 0.15) is 15.9 Å². The van der Waals surface area contributed by atoms with Gasteiger partial charge in [0.25, 0.3) is 5.91 Å². The molecule has 0 aliphatic carbocycles. The fourth-order valence-electron chi connectivity index (χ4n) is 1.61. The number of hydrogen-bond acceptors (Lipinski definition) is 1. The van der Waals surface area contributed by atoms with E-state index in [0.717, 1.165) is 0 Å². The molecule has 0 bridgehead atoms. The molecule has 0 saturated heterocycles. The molecule has 5 heteroatoms. The molecule has 0 aliphatic rings. The van der Waals surface area contributed by atoms with Crippen LogP contribution in [0.15, 0.2) is 40.9 Å². The molecule has 0 atom stereocenters. The van der Waals surface area contributed by atoms with Gasteiger partial charge in [-0.2, -0.15) is 0 Å². The summed E-state index contributed by atoms with van der Waals surface area (Å²) < 4.78 is 26.9. The van der Waals surface area contributed by atoms with Crippen molar-refractivity contribution in [1.82, 2.24) is 0 Å². The topological polar surface area (TPSA) is 29.1 Å². The molecule has 0 unspecified atom stereocenters. The number of benzene rings is 2. The van der Waals surface area contributed by atoms with E-state index in [1.807, 2.05) is 0 Å². The first-order valence-electron chi connectivity index (χ1n) is 5.50. The van der Waals surface area contributed by atoms with Crippen molar-refractivity contribution in [3.8, 4) is 0 Å². The highest BCUT2D eigenvalue weighted by Gasteiger charge is 2.12. The van der Waals surface area contributed by atoms with Gasteiger partial charge in [-0.1, -0.05) is 12.1 Å². The van der Waals surface area contributed by atoms with E-state index in [1.165, 1.54) is 24.3 Å². The molecule has 2 aromatic carbocycles. The van der Waals surface area contributed by atoms with Gasteiger partial charge in [0.2, 0.25) is 0 Å². The second kappa shape index (κ2) is 5.48. The van der Waals surface area contributed by atoms with Crippen LogP contribution in [0.25, 0.3) is 0 Å². The highest BCUT2D eigenvalue weighted by molar-refractivity contribution is 9.10. The molecule has 2 nitrogen and oxygen atoms in total. The van der Waals surface area contributed by atoms with Crippen molar-refractivity contribution in [2.45, 2.75) is 6.92 Å². The summed E-state index contributed by atoms with van der Waals surface area (Å²) in [7, 11) is 0. The van der Waals surface area contributed by atoms with Gasteiger partial charge in [0.1, 0.15) is 11.6 Å². The summed E-state index contributed by atoms with van der Waals surface area (Å²) in [6.07, 6.45) is 0. The lowest BCUT2D eigenvalue weighted by Crippen LogP contribution is -2.14. The monoisotopic (exact) mass is 325 g/mol. The Labute approximate surface area is 117 Å². The van der Waals surface area contributed by atoms with E-state index in [1.54, 1.807) is 19.1 Å². The number of amides is 1. The zero-order valence-electron chi connectivity index (χ0n) is 10.0. The van der Waals surface area contributed by atoms with Crippen molar-refractivity contribution in [2.75, 3.05) is 5.32 Å².